The average Bonchev–Trinajstić information content (AvgIpc) is 2.41. The Labute approximate surface area is 123 Å². The van der Waals surface area contributed by atoms with Gasteiger partial charge in [-0.15, -0.1) is 0 Å². The molecule has 0 saturated heterocycles. The van der Waals surface area contributed by atoms with Crippen molar-refractivity contribution in [1.82, 2.24) is 0 Å². The standard InChI is InChI=1S/C17H19BrO/c1-12-6-4-5-7-14(12)11-17(18)16-9-8-15(19-3)10-13(16)2/h4-10,17H,11H2,1-3H3. The van der Waals surface area contributed by atoms with E-state index in [1.165, 1.54) is 22.3 Å². The molecule has 1 atom stereocenters. The molecule has 19 heavy (non-hydrogen) atoms. The lowest BCUT2D eigenvalue weighted by Crippen LogP contribution is -2.00. The Morgan fingerprint density at radius 3 is 2.42 bits per heavy atom. The summed E-state index contributed by atoms with van der Waals surface area (Å²) in [6, 6.07) is 14.8. The summed E-state index contributed by atoms with van der Waals surface area (Å²) in [5.41, 5.74) is 5.32. The van der Waals surface area contributed by atoms with Gasteiger partial charge in [0.25, 0.3) is 0 Å². The second-order valence-corrected chi connectivity index (χ2v) is 5.93. The molecule has 0 aromatic heterocycles. The van der Waals surface area contributed by atoms with Gasteiger partial charge in [0.15, 0.2) is 0 Å². The van der Waals surface area contributed by atoms with E-state index < -0.39 is 0 Å². The Kier molecular flexibility index (Phi) is 4.65. The Balaban J connectivity index is 2.21. The lowest BCUT2D eigenvalue weighted by molar-refractivity contribution is 0.414. The van der Waals surface area contributed by atoms with Crippen molar-refractivity contribution < 1.29 is 4.74 Å². The van der Waals surface area contributed by atoms with Crippen molar-refractivity contribution in [1.29, 1.82) is 0 Å². The van der Waals surface area contributed by atoms with E-state index in [-0.39, 0.29) is 0 Å². The topological polar surface area (TPSA) is 9.23 Å². The molecule has 0 heterocycles. The van der Waals surface area contributed by atoms with E-state index in [9.17, 15) is 0 Å². The zero-order valence-electron chi connectivity index (χ0n) is 11.6. The van der Waals surface area contributed by atoms with Gasteiger partial charge in [0, 0.05) is 4.83 Å². The van der Waals surface area contributed by atoms with Crippen LogP contribution >= 0.6 is 15.9 Å². The first kappa shape index (κ1) is 14.1. The maximum absolute atomic E-state index is 5.25. The first-order valence-corrected chi connectivity index (χ1v) is 7.36. The summed E-state index contributed by atoms with van der Waals surface area (Å²) in [6.07, 6.45) is 1.000. The average molecular weight is 319 g/mol. The molecule has 0 saturated carbocycles. The van der Waals surface area contributed by atoms with Crippen molar-refractivity contribution >= 4 is 15.9 Å². The van der Waals surface area contributed by atoms with Gasteiger partial charge in [-0.3, -0.25) is 0 Å². The van der Waals surface area contributed by atoms with Gasteiger partial charge in [0.1, 0.15) is 5.75 Å². The van der Waals surface area contributed by atoms with Crippen LogP contribution in [0.2, 0.25) is 0 Å². The molecule has 0 radical (unpaired) electrons. The molecule has 1 unspecified atom stereocenters. The van der Waals surface area contributed by atoms with Crippen LogP contribution < -0.4 is 4.74 Å². The van der Waals surface area contributed by atoms with Crippen LogP contribution in [0.4, 0.5) is 0 Å². The number of methoxy groups -OCH3 is 1. The zero-order chi connectivity index (χ0) is 13.8. The molecule has 1 nitrogen and oxygen atoms in total. The Morgan fingerprint density at radius 1 is 1.05 bits per heavy atom. The van der Waals surface area contributed by atoms with Crippen molar-refractivity contribution in [3.63, 3.8) is 0 Å². The molecule has 2 aromatic rings. The number of rotatable bonds is 4. The molecule has 0 aliphatic heterocycles. The van der Waals surface area contributed by atoms with E-state index in [0.717, 1.165) is 12.2 Å². The molecular weight excluding hydrogens is 300 g/mol. The summed E-state index contributed by atoms with van der Waals surface area (Å²) in [6.45, 7) is 4.29. The Morgan fingerprint density at radius 2 is 1.79 bits per heavy atom. The van der Waals surface area contributed by atoms with Crippen molar-refractivity contribution in [3.8, 4) is 5.75 Å². The number of alkyl halides is 1. The van der Waals surface area contributed by atoms with Crippen molar-refractivity contribution in [2.24, 2.45) is 0 Å². The smallest absolute Gasteiger partial charge is 0.119 e. The first-order chi connectivity index (χ1) is 9.11. The van der Waals surface area contributed by atoms with Crippen molar-refractivity contribution in [2.45, 2.75) is 25.1 Å². The van der Waals surface area contributed by atoms with Gasteiger partial charge in [0.2, 0.25) is 0 Å². The SMILES string of the molecule is COc1ccc(C(Br)Cc2ccccc2C)c(C)c1. The summed E-state index contributed by atoms with van der Waals surface area (Å²) in [7, 11) is 1.70. The molecule has 0 bridgehead atoms. The summed E-state index contributed by atoms with van der Waals surface area (Å²) >= 11 is 3.81. The van der Waals surface area contributed by atoms with Crippen molar-refractivity contribution in [2.75, 3.05) is 7.11 Å². The van der Waals surface area contributed by atoms with Crippen LogP contribution in [0.3, 0.4) is 0 Å². The molecule has 2 rings (SSSR count). The predicted octanol–water partition coefficient (Wildman–Crippen LogP) is 4.99. The van der Waals surface area contributed by atoms with Gasteiger partial charge in [0.05, 0.1) is 7.11 Å². The second kappa shape index (κ2) is 6.25. The largest absolute Gasteiger partial charge is 0.497 e. The maximum atomic E-state index is 5.25. The lowest BCUT2D eigenvalue weighted by atomic mass is 9.98. The molecule has 2 aromatic carbocycles. The van der Waals surface area contributed by atoms with Crippen LogP contribution in [0.5, 0.6) is 5.75 Å². The highest BCUT2D eigenvalue weighted by atomic mass is 79.9. The zero-order valence-corrected chi connectivity index (χ0v) is 13.2. The number of ether oxygens (including phenoxy) is 1. The molecule has 2 heteroatoms. The second-order valence-electron chi connectivity index (χ2n) is 4.82. The minimum absolute atomic E-state index is 0.333. The van der Waals surface area contributed by atoms with Gasteiger partial charge in [-0.25, -0.2) is 0 Å². The summed E-state index contributed by atoms with van der Waals surface area (Å²) in [4.78, 5) is 0.333. The van der Waals surface area contributed by atoms with E-state index in [1.807, 2.05) is 6.07 Å². The lowest BCUT2D eigenvalue weighted by Gasteiger charge is -2.15. The first-order valence-electron chi connectivity index (χ1n) is 6.45. The van der Waals surface area contributed by atoms with E-state index in [4.69, 9.17) is 4.74 Å². The van der Waals surface area contributed by atoms with Crippen LogP contribution in [0.15, 0.2) is 42.5 Å². The van der Waals surface area contributed by atoms with Crippen LogP contribution in [0.25, 0.3) is 0 Å². The third-order valence-electron chi connectivity index (χ3n) is 3.47. The Bertz CT molecular complexity index is 563. The van der Waals surface area contributed by atoms with E-state index in [0.29, 0.717) is 4.83 Å². The third-order valence-corrected chi connectivity index (χ3v) is 4.29. The van der Waals surface area contributed by atoms with Gasteiger partial charge < -0.3 is 4.74 Å². The molecule has 0 aliphatic rings. The summed E-state index contributed by atoms with van der Waals surface area (Å²) in [5, 5.41) is 0. The van der Waals surface area contributed by atoms with Gasteiger partial charge in [-0.1, -0.05) is 46.3 Å². The molecular formula is C17H19BrO. The van der Waals surface area contributed by atoms with E-state index in [2.05, 4.69) is 66.2 Å². The maximum Gasteiger partial charge on any atom is 0.119 e. The van der Waals surface area contributed by atoms with Crippen LogP contribution in [-0.2, 0) is 6.42 Å². The van der Waals surface area contributed by atoms with Crippen molar-refractivity contribution in [3.05, 3.63) is 64.7 Å². The van der Waals surface area contributed by atoms with Crippen LogP contribution in [0.1, 0.15) is 27.1 Å². The minimum Gasteiger partial charge on any atom is -0.497 e. The fraction of sp³-hybridized carbons (Fsp3) is 0.294. The molecule has 0 fully saturated rings. The minimum atomic E-state index is 0.333. The number of benzene rings is 2. The quantitative estimate of drug-likeness (QED) is 0.721. The predicted molar refractivity (Wildman–Crippen MR) is 84.3 cm³/mol. The van der Waals surface area contributed by atoms with Gasteiger partial charge in [-0.05, 0) is 54.7 Å². The molecule has 0 amide bonds. The number of aryl methyl sites for hydroxylation is 2. The monoisotopic (exact) mass is 318 g/mol. The fourth-order valence-electron chi connectivity index (χ4n) is 2.27. The normalized spacial score (nSPS) is 12.2. The fourth-order valence-corrected chi connectivity index (χ4v) is 3.13. The highest BCUT2D eigenvalue weighted by Crippen LogP contribution is 2.32. The van der Waals surface area contributed by atoms with Crippen LogP contribution in [-0.4, -0.2) is 7.11 Å². The summed E-state index contributed by atoms with van der Waals surface area (Å²) < 4.78 is 5.25. The summed E-state index contributed by atoms with van der Waals surface area (Å²) in [5.74, 6) is 0.914. The molecule has 0 N–H and O–H groups in total. The number of hydrogen-bond acceptors (Lipinski definition) is 1. The third kappa shape index (κ3) is 3.38. The van der Waals surface area contributed by atoms with Crippen LogP contribution in [0, 0.1) is 13.8 Å². The van der Waals surface area contributed by atoms with Gasteiger partial charge in [-0.2, -0.15) is 0 Å². The van der Waals surface area contributed by atoms with E-state index >= 15 is 0 Å². The number of hydrogen-bond donors (Lipinski definition) is 0. The highest BCUT2D eigenvalue weighted by Gasteiger charge is 2.12. The molecule has 0 spiro atoms. The molecule has 100 valence electrons. The van der Waals surface area contributed by atoms with E-state index in [1.54, 1.807) is 7.11 Å². The highest BCUT2D eigenvalue weighted by molar-refractivity contribution is 9.09. The van der Waals surface area contributed by atoms with Gasteiger partial charge >= 0.3 is 0 Å². The number of halogens is 1. The molecule has 0 aliphatic carbocycles. The Hall–Kier alpha value is -1.28.